The normalized spacial score (nSPS) is 11.9. The number of rotatable bonds is 5. The Morgan fingerprint density at radius 1 is 0.900 bits per heavy atom. The SMILES string of the molecule is CCCc1ccc2c(CCC)cccc2c1S(=O)(=O)O. The molecule has 0 fully saturated rings. The molecule has 108 valence electrons. The molecule has 0 aliphatic rings. The first-order valence-electron chi connectivity index (χ1n) is 7.00. The van der Waals surface area contributed by atoms with Crippen molar-refractivity contribution in [2.24, 2.45) is 0 Å². The van der Waals surface area contributed by atoms with Crippen molar-refractivity contribution in [2.75, 3.05) is 0 Å². The van der Waals surface area contributed by atoms with Gasteiger partial charge in [0.2, 0.25) is 0 Å². The first-order chi connectivity index (χ1) is 9.49. The molecule has 20 heavy (non-hydrogen) atoms. The summed E-state index contributed by atoms with van der Waals surface area (Å²) in [4.78, 5) is 0.0785. The van der Waals surface area contributed by atoms with Crippen LogP contribution in [0.25, 0.3) is 10.8 Å². The van der Waals surface area contributed by atoms with Crippen LogP contribution in [-0.2, 0) is 23.0 Å². The molecule has 0 radical (unpaired) electrons. The fraction of sp³-hybridized carbons (Fsp3) is 0.375. The van der Waals surface area contributed by atoms with Crippen LogP contribution in [0.4, 0.5) is 0 Å². The van der Waals surface area contributed by atoms with E-state index in [4.69, 9.17) is 0 Å². The van der Waals surface area contributed by atoms with Crippen LogP contribution in [-0.4, -0.2) is 13.0 Å². The van der Waals surface area contributed by atoms with Gasteiger partial charge in [0.1, 0.15) is 4.90 Å². The Hall–Kier alpha value is -1.39. The number of hydrogen-bond acceptors (Lipinski definition) is 2. The van der Waals surface area contributed by atoms with Crippen molar-refractivity contribution >= 4 is 20.9 Å². The minimum Gasteiger partial charge on any atom is -0.282 e. The van der Waals surface area contributed by atoms with E-state index in [1.807, 2.05) is 31.2 Å². The van der Waals surface area contributed by atoms with Gasteiger partial charge in [0.15, 0.2) is 0 Å². The molecule has 0 aliphatic heterocycles. The highest BCUT2D eigenvalue weighted by molar-refractivity contribution is 7.86. The van der Waals surface area contributed by atoms with Crippen molar-refractivity contribution in [1.82, 2.24) is 0 Å². The zero-order valence-corrected chi connectivity index (χ0v) is 12.7. The average Bonchev–Trinajstić information content (AvgIpc) is 2.38. The van der Waals surface area contributed by atoms with Crippen LogP contribution in [0, 0.1) is 0 Å². The van der Waals surface area contributed by atoms with E-state index in [1.54, 1.807) is 6.07 Å². The van der Waals surface area contributed by atoms with Gasteiger partial charge in [0, 0.05) is 5.39 Å². The molecule has 2 rings (SSSR count). The molecule has 0 heterocycles. The Kier molecular flexibility index (Phi) is 4.45. The molecule has 3 nitrogen and oxygen atoms in total. The van der Waals surface area contributed by atoms with Crippen molar-refractivity contribution < 1.29 is 13.0 Å². The first kappa shape index (κ1) is 15.0. The van der Waals surface area contributed by atoms with E-state index in [-0.39, 0.29) is 4.90 Å². The molecule has 0 aromatic heterocycles. The Morgan fingerprint density at radius 2 is 1.55 bits per heavy atom. The van der Waals surface area contributed by atoms with Crippen LogP contribution in [0.5, 0.6) is 0 Å². The predicted molar refractivity (Wildman–Crippen MR) is 81.8 cm³/mol. The molecule has 0 amide bonds. The topological polar surface area (TPSA) is 54.4 Å². The van der Waals surface area contributed by atoms with Gasteiger partial charge in [-0.25, -0.2) is 0 Å². The van der Waals surface area contributed by atoms with Crippen LogP contribution >= 0.6 is 0 Å². The quantitative estimate of drug-likeness (QED) is 0.848. The van der Waals surface area contributed by atoms with E-state index in [2.05, 4.69) is 6.92 Å². The van der Waals surface area contributed by atoms with E-state index in [1.165, 1.54) is 0 Å². The molecule has 1 N–H and O–H groups in total. The molecule has 2 aromatic carbocycles. The summed E-state index contributed by atoms with van der Waals surface area (Å²) < 4.78 is 33.1. The summed E-state index contributed by atoms with van der Waals surface area (Å²) in [5.74, 6) is 0. The molecular weight excluding hydrogens is 272 g/mol. The summed E-state index contributed by atoms with van der Waals surface area (Å²) in [5, 5.41) is 1.55. The minimum absolute atomic E-state index is 0.0785. The predicted octanol–water partition coefficient (Wildman–Crippen LogP) is 3.99. The zero-order chi connectivity index (χ0) is 14.8. The third-order valence-electron chi connectivity index (χ3n) is 3.48. The van der Waals surface area contributed by atoms with Crippen molar-refractivity contribution in [3.63, 3.8) is 0 Å². The van der Waals surface area contributed by atoms with Crippen LogP contribution in [0.2, 0.25) is 0 Å². The third kappa shape index (κ3) is 2.86. The largest absolute Gasteiger partial charge is 0.295 e. The van der Waals surface area contributed by atoms with Gasteiger partial charge in [0.25, 0.3) is 10.1 Å². The maximum absolute atomic E-state index is 11.8. The molecular formula is C16H20O3S. The van der Waals surface area contributed by atoms with Gasteiger partial charge in [-0.1, -0.05) is 57.0 Å². The Balaban J connectivity index is 2.82. The van der Waals surface area contributed by atoms with Crippen molar-refractivity contribution in [2.45, 2.75) is 44.4 Å². The van der Waals surface area contributed by atoms with Gasteiger partial charge < -0.3 is 0 Å². The first-order valence-corrected chi connectivity index (χ1v) is 8.44. The summed E-state index contributed by atoms with van der Waals surface area (Å²) >= 11 is 0. The van der Waals surface area contributed by atoms with E-state index in [9.17, 15) is 13.0 Å². The second-order valence-corrected chi connectivity index (χ2v) is 6.40. The number of benzene rings is 2. The maximum Gasteiger partial charge on any atom is 0.295 e. The minimum atomic E-state index is -4.21. The van der Waals surface area contributed by atoms with Gasteiger partial charge in [-0.05, 0) is 29.4 Å². The molecule has 2 aromatic rings. The summed E-state index contributed by atoms with van der Waals surface area (Å²) in [6, 6.07) is 9.45. The number of hydrogen-bond donors (Lipinski definition) is 1. The molecule has 0 unspecified atom stereocenters. The van der Waals surface area contributed by atoms with E-state index >= 15 is 0 Å². The van der Waals surface area contributed by atoms with Crippen molar-refractivity contribution in [1.29, 1.82) is 0 Å². The van der Waals surface area contributed by atoms with E-state index in [0.29, 0.717) is 17.4 Å². The molecule has 0 aliphatic carbocycles. The highest BCUT2D eigenvalue weighted by Crippen LogP contribution is 2.30. The van der Waals surface area contributed by atoms with Crippen LogP contribution in [0.3, 0.4) is 0 Å². The Labute approximate surface area is 120 Å². The highest BCUT2D eigenvalue weighted by Gasteiger charge is 2.19. The Morgan fingerprint density at radius 3 is 2.15 bits per heavy atom. The molecule has 4 heteroatoms. The lowest BCUT2D eigenvalue weighted by Gasteiger charge is -2.12. The summed E-state index contributed by atoms with van der Waals surface area (Å²) in [7, 11) is -4.21. The third-order valence-corrected chi connectivity index (χ3v) is 4.48. The summed E-state index contributed by atoms with van der Waals surface area (Å²) in [6.45, 7) is 4.08. The standard InChI is InChI=1S/C16H20O3S/c1-3-6-12-8-5-9-15-14(12)11-10-13(7-4-2)16(15)20(17,18)19/h5,8-11H,3-4,6-7H2,1-2H3,(H,17,18,19). The monoisotopic (exact) mass is 292 g/mol. The van der Waals surface area contributed by atoms with Gasteiger partial charge >= 0.3 is 0 Å². The van der Waals surface area contributed by atoms with Crippen LogP contribution < -0.4 is 0 Å². The van der Waals surface area contributed by atoms with E-state index < -0.39 is 10.1 Å². The second kappa shape index (κ2) is 5.94. The van der Waals surface area contributed by atoms with Crippen LogP contribution in [0.1, 0.15) is 37.8 Å². The molecule has 0 saturated heterocycles. The Bertz CT molecular complexity index is 718. The molecule has 0 spiro atoms. The fourth-order valence-corrected chi connectivity index (χ4v) is 3.66. The van der Waals surface area contributed by atoms with Gasteiger partial charge in [-0.3, -0.25) is 4.55 Å². The van der Waals surface area contributed by atoms with Gasteiger partial charge in [0.05, 0.1) is 0 Å². The lowest BCUT2D eigenvalue weighted by molar-refractivity contribution is 0.483. The highest BCUT2D eigenvalue weighted by atomic mass is 32.2. The lowest BCUT2D eigenvalue weighted by Crippen LogP contribution is -2.05. The maximum atomic E-state index is 11.8. The molecule has 0 atom stereocenters. The molecule has 0 saturated carbocycles. The number of aryl methyl sites for hydroxylation is 2. The van der Waals surface area contributed by atoms with E-state index in [0.717, 1.165) is 30.2 Å². The lowest BCUT2D eigenvalue weighted by atomic mass is 9.98. The fourth-order valence-electron chi connectivity index (χ4n) is 2.70. The van der Waals surface area contributed by atoms with Gasteiger partial charge in [-0.15, -0.1) is 0 Å². The molecule has 0 bridgehead atoms. The zero-order valence-electron chi connectivity index (χ0n) is 11.9. The average molecular weight is 292 g/mol. The van der Waals surface area contributed by atoms with Crippen LogP contribution in [0.15, 0.2) is 35.2 Å². The number of fused-ring (bicyclic) bond motifs is 1. The van der Waals surface area contributed by atoms with Gasteiger partial charge in [-0.2, -0.15) is 8.42 Å². The summed E-state index contributed by atoms with van der Waals surface area (Å²) in [5.41, 5.74) is 1.81. The second-order valence-electron chi connectivity index (χ2n) is 5.04. The smallest absolute Gasteiger partial charge is 0.282 e. The van der Waals surface area contributed by atoms with Crippen molar-refractivity contribution in [3.8, 4) is 0 Å². The van der Waals surface area contributed by atoms with Crippen molar-refractivity contribution in [3.05, 3.63) is 41.5 Å². The summed E-state index contributed by atoms with van der Waals surface area (Å²) in [6.07, 6.45) is 3.37.